The van der Waals surface area contributed by atoms with Crippen LogP contribution in [0.3, 0.4) is 0 Å². The molecule has 1 heterocycles. The molecule has 0 atom stereocenters. The van der Waals surface area contributed by atoms with E-state index in [1.54, 1.807) is 37.4 Å². The Kier molecular flexibility index (Phi) is 4.32. The average Bonchev–Trinajstić information content (AvgIpc) is 3.10. The van der Waals surface area contributed by atoms with Crippen LogP contribution in [0.4, 0.5) is 11.4 Å². The molecule has 1 fully saturated rings. The Hall–Kier alpha value is -2.76. The summed E-state index contributed by atoms with van der Waals surface area (Å²) in [5.41, 5.74) is 0.873. The highest BCUT2D eigenvalue weighted by atomic mass is 16.6. The Balaban J connectivity index is 1.88. The van der Waals surface area contributed by atoms with E-state index in [4.69, 9.17) is 9.47 Å². The van der Waals surface area contributed by atoms with Crippen molar-refractivity contribution in [2.24, 2.45) is 0 Å². The molecule has 2 aromatic carbocycles. The van der Waals surface area contributed by atoms with Gasteiger partial charge in [0, 0.05) is 30.9 Å². The number of methoxy groups -OCH3 is 1. The number of nitrogens with zero attached hydrogens (tertiary/aromatic N) is 2. The van der Waals surface area contributed by atoms with Gasteiger partial charge in [0.25, 0.3) is 5.69 Å². The monoisotopic (exact) mass is 314 g/mol. The topological polar surface area (TPSA) is 64.8 Å². The third-order valence-electron chi connectivity index (χ3n) is 3.85. The van der Waals surface area contributed by atoms with E-state index < -0.39 is 0 Å². The van der Waals surface area contributed by atoms with Gasteiger partial charge in [-0.3, -0.25) is 10.1 Å². The molecule has 0 spiro atoms. The fourth-order valence-electron chi connectivity index (χ4n) is 2.67. The minimum absolute atomic E-state index is 0.0397. The van der Waals surface area contributed by atoms with Gasteiger partial charge in [-0.2, -0.15) is 0 Å². The number of nitro groups is 1. The van der Waals surface area contributed by atoms with E-state index in [9.17, 15) is 10.1 Å². The second-order valence-electron chi connectivity index (χ2n) is 5.41. The zero-order chi connectivity index (χ0) is 16.2. The highest BCUT2D eigenvalue weighted by Gasteiger charge is 2.18. The first-order valence-electron chi connectivity index (χ1n) is 7.52. The highest BCUT2D eigenvalue weighted by molar-refractivity contribution is 5.59. The minimum atomic E-state index is -0.388. The Morgan fingerprint density at radius 3 is 2.26 bits per heavy atom. The number of anilines is 1. The van der Waals surface area contributed by atoms with Gasteiger partial charge in [-0.1, -0.05) is 0 Å². The van der Waals surface area contributed by atoms with Crippen LogP contribution < -0.4 is 14.4 Å². The second-order valence-corrected chi connectivity index (χ2v) is 5.41. The SMILES string of the molecule is COc1ccc(Oc2cc(N3CCCC3)cc([N+](=O)[O-])c2)cc1. The summed E-state index contributed by atoms with van der Waals surface area (Å²) in [6.07, 6.45) is 2.22. The van der Waals surface area contributed by atoms with Crippen molar-refractivity contribution in [2.45, 2.75) is 12.8 Å². The van der Waals surface area contributed by atoms with E-state index in [0.29, 0.717) is 11.5 Å². The molecule has 6 heteroatoms. The third-order valence-corrected chi connectivity index (χ3v) is 3.85. The first-order valence-corrected chi connectivity index (χ1v) is 7.52. The van der Waals surface area contributed by atoms with E-state index >= 15 is 0 Å². The molecule has 0 saturated carbocycles. The van der Waals surface area contributed by atoms with Crippen LogP contribution in [-0.4, -0.2) is 25.1 Å². The van der Waals surface area contributed by atoms with E-state index in [1.807, 2.05) is 6.07 Å². The molecule has 2 aromatic rings. The second kappa shape index (κ2) is 6.56. The first-order chi connectivity index (χ1) is 11.2. The summed E-state index contributed by atoms with van der Waals surface area (Å²) in [6, 6.07) is 12.0. The summed E-state index contributed by atoms with van der Waals surface area (Å²) < 4.78 is 10.9. The van der Waals surface area contributed by atoms with Crippen molar-refractivity contribution in [2.75, 3.05) is 25.1 Å². The van der Waals surface area contributed by atoms with Crippen molar-refractivity contribution < 1.29 is 14.4 Å². The van der Waals surface area contributed by atoms with Gasteiger partial charge in [-0.15, -0.1) is 0 Å². The van der Waals surface area contributed by atoms with Crippen LogP contribution in [-0.2, 0) is 0 Å². The molecule has 0 amide bonds. The normalized spacial score (nSPS) is 13.9. The summed E-state index contributed by atoms with van der Waals surface area (Å²) in [4.78, 5) is 12.9. The standard InChI is InChI=1S/C17H18N2O4/c1-22-15-4-6-16(7-5-15)23-17-11-13(18-8-2-3-9-18)10-14(12-17)19(20)21/h4-7,10-12H,2-3,8-9H2,1H3. The van der Waals surface area contributed by atoms with E-state index in [0.717, 1.165) is 37.4 Å². The van der Waals surface area contributed by atoms with Crippen molar-refractivity contribution in [3.8, 4) is 17.2 Å². The molecular weight excluding hydrogens is 296 g/mol. The van der Waals surface area contributed by atoms with Gasteiger partial charge in [-0.25, -0.2) is 0 Å². The smallest absolute Gasteiger partial charge is 0.275 e. The molecule has 1 aliphatic heterocycles. The number of benzene rings is 2. The number of non-ortho nitro benzene ring substituents is 1. The molecule has 0 aliphatic carbocycles. The molecule has 0 N–H and O–H groups in total. The summed E-state index contributed by atoms with van der Waals surface area (Å²) in [7, 11) is 1.60. The van der Waals surface area contributed by atoms with Gasteiger partial charge < -0.3 is 14.4 Å². The summed E-state index contributed by atoms with van der Waals surface area (Å²) in [6.45, 7) is 1.84. The molecule has 1 saturated heterocycles. The fraction of sp³-hybridized carbons (Fsp3) is 0.294. The van der Waals surface area contributed by atoms with Crippen LogP contribution in [0.1, 0.15) is 12.8 Å². The summed E-state index contributed by atoms with van der Waals surface area (Å²) in [5.74, 6) is 1.80. The minimum Gasteiger partial charge on any atom is -0.497 e. The van der Waals surface area contributed by atoms with Gasteiger partial charge in [0.2, 0.25) is 0 Å². The van der Waals surface area contributed by atoms with Crippen molar-refractivity contribution >= 4 is 11.4 Å². The molecule has 120 valence electrons. The van der Waals surface area contributed by atoms with Crippen LogP contribution in [0, 0.1) is 10.1 Å². The average molecular weight is 314 g/mol. The maximum absolute atomic E-state index is 11.2. The molecule has 0 bridgehead atoms. The molecule has 0 unspecified atom stereocenters. The molecule has 23 heavy (non-hydrogen) atoms. The Morgan fingerprint density at radius 1 is 1.00 bits per heavy atom. The summed E-state index contributed by atoms with van der Waals surface area (Å²) in [5, 5.41) is 11.2. The zero-order valence-corrected chi connectivity index (χ0v) is 12.9. The third kappa shape index (κ3) is 3.53. The van der Waals surface area contributed by atoms with Gasteiger partial charge in [0.1, 0.15) is 17.2 Å². The largest absolute Gasteiger partial charge is 0.497 e. The van der Waals surface area contributed by atoms with Crippen molar-refractivity contribution in [3.63, 3.8) is 0 Å². The highest BCUT2D eigenvalue weighted by Crippen LogP contribution is 2.33. The van der Waals surface area contributed by atoms with Crippen LogP contribution in [0.25, 0.3) is 0 Å². The molecule has 0 radical (unpaired) electrons. The lowest BCUT2D eigenvalue weighted by Gasteiger charge is -2.18. The van der Waals surface area contributed by atoms with Gasteiger partial charge >= 0.3 is 0 Å². The van der Waals surface area contributed by atoms with E-state index in [1.165, 1.54) is 6.07 Å². The Morgan fingerprint density at radius 2 is 1.65 bits per heavy atom. The quantitative estimate of drug-likeness (QED) is 0.616. The zero-order valence-electron chi connectivity index (χ0n) is 12.9. The lowest BCUT2D eigenvalue weighted by Crippen LogP contribution is -2.17. The van der Waals surface area contributed by atoms with Crippen LogP contribution in [0.5, 0.6) is 17.2 Å². The van der Waals surface area contributed by atoms with E-state index in [-0.39, 0.29) is 10.6 Å². The van der Waals surface area contributed by atoms with E-state index in [2.05, 4.69) is 4.90 Å². The number of nitro benzene ring substituents is 1. The lowest BCUT2D eigenvalue weighted by atomic mass is 10.2. The number of hydrogen-bond donors (Lipinski definition) is 0. The lowest BCUT2D eigenvalue weighted by molar-refractivity contribution is -0.384. The van der Waals surface area contributed by atoms with Crippen LogP contribution >= 0.6 is 0 Å². The maximum atomic E-state index is 11.2. The number of ether oxygens (including phenoxy) is 2. The molecule has 1 aliphatic rings. The maximum Gasteiger partial charge on any atom is 0.275 e. The summed E-state index contributed by atoms with van der Waals surface area (Å²) >= 11 is 0. The van der Waals surface area contributed by atoms with Gasteiger partial charge in [0.05, 0.1) is 18.1 Å². The van der Waals surface area contributed by atoms with Gasteiger partial charge in [0.15, 0.2) is 0 Å². The van der Waals surface area contributed by atoms with Crippen molar-refractivity contribution in [1.29, 1.82) is 0 Å². The van der Waals surface area contributed by atoms with Crippen LogP contribution in [0.15, 0.2) is 42.5 Å². The first kappa shape index (κ1) is 15.1. The number of hydrogen-bond acceptors (Lipinski definition) is 5. The molecule has 3 rings (SSSR count). The van der Waals surface area contributed by atoms with Crippen molar-refractivity contribution in [3.05, 3.63) is 52.6 Å². The van der Waals surface area contributed by atoms with Gasteiger partial charge in [-0.05, 0) is 37.1 Å². The number of rotatable bonds is 5. The van der Waals surface area contributed by atoms with Crippen molar-refractivity contribution in [1.82, 2.24) is 0 Å². The predicted octanol–water partition coefficient (Wildman–Crippen LogP) is 4.00. The van der Waals surface area contributed by atoms with Crippen LogP contribution in [0.2, 0.25) is 0 Å². The molecular formula is C17H18N2O4. The molecule has 6 nitrogen and oxygen atoms in total. The molecule has 0 aromatic heterocycles. The Labute approximate surface area is 134 Å². The fourth-order valence-corrected chi connectivity index (χ4v) is 2.67. The predicted molar refractivity (Wildman–Crippen MR) is 87.6 cm³/mol. The Bertz CT molecular complexity index is 694.